The zero-order valence-corrected chi connectivity index (χ0v) is 38.5. The Hall–Kier alpha value is -6.16. The molecule has 2 aromatic carbocycles. The number of aromatic nitrogens is 4. The predicted molar refractivity (Wildman–Crippen MR) is 229 cm³/mol. The molecule has 0 fully saturated rings. The molecular formula is C38H46F17IN8O4. The van der Waals surface area contributed by atoms with Crippen molar-refractivity contribution in [3.05, 3.63) is 81.7 Å². The summed E-state index contributed by atoms with van der Waals surface area (Å²) >= 11 is 2.18. The molecule has 0 atom stereocenters. The molecule has 12 nitrogen and oxygen atoms in total. The van der Waals surface area contributed by atoms with E-state index >= 15 is 0 Å². The van der Waals surface area contributed by atoms with Gasteiger partial charge in [-0.15, -0.1) is 0 Å². The van der Waals surface area contributed by atoms with Crippen LogP contribution in [-0.2, 0) is 19.1 Å². The van der Waals surface area contributed by atoms with Gasteiger partial charge in [0, 0.05) is 94.7 Å². The Morgan fingerprint density at radius 3 is 1.41 bits per heavy atom. The van der Waals surface area contributed by atoms with E-state index in [1.165, 1.54) is 30.5 Å². The molecule has 0 saturated heterocycles. The Bertz CT molecular complexity index is 1910. The van der Waals surface area contributed by atoms with Gasteiger partial charge in [-0.3, -0.25) is 14.3 Å². The third-order valence-electron chi connectivity index (χ3n) is 7.06. The molecular weight excluding hydrogens is 1080 g/mol. The van der Waals surface area contributed by atoms with Gasteiger partial charge < -0.3 is 30.7 Å². The van der Waals surface area contributed by atoms with E-state index in [1.807, 2.05) is 6.92 Å². The lowest BCUT2D eigenvalue weighted by atomic mass is 9.79. The van der Waals surface area contributed by atoms with Crippen LogP contribution in [-0.4, -0.2) is 58.2 Å². The summed E-state index contributed by atoms with van der Waals surface area (Å²) in [5, 5.41) is 12.4. The summed E-state index contributed by atoms with van der Waals surface area (Å²) in [5.74, 6) is 4.74. The second-order valence-corrected chi connectivity index (χ2v) is 13.0. The number of rotatable bonds is 15. The van der Waals surface area contributed by atoms with Crippen molar-refractivity contribution >= 4 is 69.4 Å². The Morgan fingerprint density at radius 2 is 1.03 bits per heavy atom. The zero-order chi connectivity index (χ0) is 52.8. The van der Waals surface area contributed by atoms with Crippen LogP contribution in [0, 0.1) is 38.4 Å². The molecule has 0 bridgehead atoms. The van der Waals surface area contributed by atoms with Crippen molar-refractivity contribution in [1.82, 2.24) is 19.9 Å². The van der Waals surface area contributed by atoms with E-state index < -0.39 is 23.3 Å². The second kappa shape index (κ2) is 48.8. The summed E-state index contributed by atoms with van der Waals surface area (Å²) in [4.78, 5) is 42.3. The number of benzene rings is 2. The van der Waals surface area contributed by atoms with Crippen molar-refractivity contribution in [3.8, 4) is 11.8 Å². The van der Waals surface area contributed by atoms with Gasteiger partial charge in [-0.2, -0.15) is 9.97 Å². The average molecular weight is 1130 g/mol. The molecule has 4 aromatic rings. The predicted octanol–water partition coefficient (Wildman–Crippen LogP) is 14.1. The van der Waals surface area contributed by atoms with Crippen LogP contribution in [0.15, 0.2) is 60.9 Å². The molecule has 0 amide bonds. The van der Waals surface area contributed by atoms with E-state index in [4.69, 9.17) is 73.5 Å². The van der Waals surface area contributed by atoms with Crippen molar-refractivity contribution in [2.24, 2.45) is 11.3 Å². The highest BCUT2D eigenvalue weighted by molar-refractivity contribution is 14.1. The van der Waals surface area contributed by atoms with Gasteiger partial charge in [0.15, 0.2) is 5.92 Å². The highest BCUT2D eigenvalue weighted by Crippen LogP contribution is 2.29. The number of esters is 2. The van der Waals surface area contributed by atoms with Gasteiger partial charge in [-0.05, 0) is 99.5 Å². The lowest BCUT2D eigenvalue weighted by Gasteiger charge is -2.26. The smallest absolute Gasteiger partial charge is 0.321 e. The number of halogens is 18. The third kappa shape index (κ3) is 30.9. The summed E-state index contributed by atoms with van der Waals surface area (Å²) in [6.07, 6.45) is 5.13. The molecule has 0 saturated carbocycles. The standard InChI is InChI=1S/C25H31FN4O4.C13H14FIN4.7F2.FH/c1-6-14-27-21-17(16-28-24(30-21)29-19-11-9-10-18(26)15-19)12-13-25(4,5)20(22(31)33-7-2)23(32)34-8-3;1-2-6-16-12-11(15)8-17-13(19-12)18-10-5-3-4-9(14)7-10;7*1-2;/h9-11,15-16,20H,6-8,14H2,1-5H3,(H2,27,28,29,30);3-5,7-8H,2,6H2,1H3,(H2,16,17,18,19);;;;;;;;1H. The monoisotopic (exact) mass is 1130 g/mol. The minimum Gasteiger partial charge on any atom is -0.465 e. The van der Waals surface area contributed by atoms with E-state index in [0.717, 1.165) is 28.8 Å². The molecule has 0 unspecified atom stereocenters. The molecule has 388 valence electrons. The van der Waals surface area contributed by atoms with Gasteiger partial charge in [0.2, 0.25) is 11.9 Å². The number of carbonyl (C=O) groups excluding carboxylic acids is 2. The fourth-order valence-electron chi connectivity index (χ4n) is 4.53. The third-order valence-corrected chi connectivity index (χ3v) is 7.85. The Morgan fingerprint density at radius 1 is 0.647 bits per heavy atom. The number of anilines is 6. The SMILES string of the molecule is CCCNc1nc(Nc2cccc(F)c2)ncc1C#CC(C)(C)C(C(=O)OCC)C(=O)OCC.CCCNc1nc(Nc2cccc(F)c2)ncc1I.F.FF.FF.FF.FF.FF.FF.FF. The highest BCUT2D eigenvalue weighted by atomic mass is 127. The molecule has 4 N–H and O–H groups in total. The first-order chi connectivity index (χ1) is 32.4. The Kier molecular flexibility index (Phi) is 52.6. The molecule has 0 aliphatic heterocycles. The number of nitrogens with one attached hydrogen (secondary N) is 4. The first-order valence-corrected chi connectivity index (χ1v) is 19.3. The van der Waals surface area contributed by atoms with Crippen LogP contribution >= 0.6 is 22.6 Å². The highest BCUT2D eigenvalue weighted by Gasteiger charge is 2.42. The lowest BCUT2D eigenvalue weighted by Crippen LogP contribution is -2.39. The van der Waals surface area contributed by atoms with Crippen LogP contribution in [0.5, 0.6) is 0 Å². The fourth-order valence-corrected chi connectivity index (χ4v) is 4.98. The molecule has 4 rings (SSSR count). The van der Waals surface area contributed by atoms with Gasteiger partial charge in [-0.25, -0.2) is 18.7 Å². The van der Waals surface area contributed by atoms with Crippen LogP contribution < -0.4 is 21.3 Å². The number of hydrogen-bond acceptors (Lipinski definition) is 12. The van der Waals surface area contributed by atoms with Gasteiger partial charge in [0.25, 0.3) is 0 Å². The number of nitrogens with zero attached hydrogens (tertiary/aromatic N) is 4. The second-order valence-electron chi connectivity index (χ2n) is 11.9. The topological polar surface area (TPSA) is 152 Å². The zero-order valence-electron chi connectivity index (χ0n) is 36.3. The Labute approximate surface area is 392 Å². The van der Waals surface area contributed by atoms with E-state index in [9.17, 15) is 18.4 Å². The largest absolute Gasteiger partial charge is 0.465 e. The maximum absolute atomic E-state index is 13.5. The molecule has 0 aliphatic carbocycles. The summed E-state index contributed by atoms with van der Waals surface area (Å²) in [7, 11) is 0. The molecule has 68 heavy (non-hydrogen) atoms. The molecule has 0 aliphatic rings. The Balaban J connectivity index is -0.000000239. The fraction of sp³-hybridized carbons (Fsp3) is 0.368. The van der Waals surface area contributed by atoms with Crippen LogP contribution in [0.3, 0.4) is 0 Å². The van der Waals surface area contributed by atoms with Crippen molar-refractivity contribution in [1.29, 1.82) is 0 Å². The quantitative estimate of drug-likeness (QED) is 0.0295. The van der Waals surface area contributed by atoms with E-state index in [0.29, 0.717) is 35.2 Å². The molecule has 30 heteroatoms. The number of hydrogen-bond donors (Lipinski definition) is 4. The van der Waals surface area contributed by atoms with Crippen molar-refractivity contribution in [2.45, 2.75) is 54.4 Å². The number of carbonyl (C=O) groups is 2. The van der Waals surface area contributed by atoms with Gasteiger partial charge in [0.1, 0.15) is 23.3 Å². The van der Waals surface area contributed by atoms with Crippen LogP contribution in [0.25, 0.3) is 0 Å². The van der Waals surface area contributed by atoms with Crippen molar-refractivity contribution in [3.63, 3.8) is 0 Å². The summed E-state index contributed by atoms with van der Waals surface area (Å²) in [5.41, 5.74) is 0.535. The van der Waals surface area contributed by atoms with E-state index in [2.05, 4.69) is 82.6 Å². The first-order valence-electron chi connectivity index (χ1n) is 18.2. The van der Waals surface area contributed by atoms with E-state index in [1.54, 1.807) is 58.2 Å². The summed E-state index contributed by atoms with van der Waals surface area (Å²) in [6.45, 7) is 12.6. The average Bonchev–Trinajstić information content (AvgIpc) is 3.35. The molecule has 0 radical (unpaired) electrons. The molecule has 0 spiro atoms. The molecule has 2 aromatic heterocycles. The minimum absolute atomic E-state index is 0. The van der Waals surface area contributed by atoms with E-state index in [-0.39, 0.29) is 35.5 Å². The summed E-state index contributed by atoms with van der Waals surface area (Å²) in [6, 6.07) is 12.2. The van der Waals surface area contributed by atoms with Crippen molar-refractivity contribution < 1.29 is 96.6 Å². The molecule has 2 heterocycles. The first kappa shape index (κ1) is 73.4. The van der Waals surface area contributed by atoms with Gasteiger partial charge >= 0.3 is 11.9 Å². The number of ether oxygens (including phenoxy) is 2. The lowest BCUT2D eigenvalue weighted by molar-refractivity contribution is -0.165. The van der Waals surface area contributed by atoms with Gasteiger partial charge in [0.05, 0.1) is 34.0 Å². The van der Waals surface area contributed by atoms with Crippen LogP contribution in [0.1, 0.15) is 59.9 Å². The summed E-state index contributed by atoms with van der Waals surface area (Å²) < 4.78 is 150. The van der Waals surface area contributed by atoms with Crippen LogP contribution in [0.4, 0.5) is 112 Å². The maximum atomic E-state index is 13.5. The maximum Gasteiger partial charge on any atom is 0.321 e. The normalized spacial score (nSPS) is 8.88. The minimum atomic E-state index is -1.21. The van der Waals surface area contributed by atoms with Gasteiger partial charge in [-0.1, -0.05) is 37.8 Å². The van der Waals surface area contributed by atoms with Crippen LogP contribution in [0.2, 0.25) is 0 Å². The van der Waals surface area contributed by atoms with Crippen molar-refractivity contribution in [2.75, 3.05) is 47.6 Å².